The maximum absolute atomic E-state index is 5.46. The first-order valence-electron chi connectivity index (χ1n) is 1.91. The van der Waals surface area contributed by atoms with Crippen molar-refractivity contribution in [2.24, 2.45) is 0 Å². The zero-order valence-electron chi connectivity index (χ0n) is 3.66. The van der Waals surface area contributed by atoms with E-state index in [1.165, 1.54) is 0 Å². The van der Waals surface area contributed by atoms with Crippen LogP contribution in [0.2, 0.25) is 0 Å². The fourth-order valence-electron chi connectivity index (χ4n) is 0. The van der Waals surface area contributed by atoms with E-state index in [1.807, 2.05) is 6.92 Å². The van der Waals surface area contributed by atoms with Gasteiger partial charge in [-0.25, -0.2) is 0 Å². The van der Waals surface area contributed by atoms with Crippen LogP contribution in [0.5, 0.6) is 0 Å². The highest BCUT2D eigenvalue weighted by molar-refractivity contribution is 6.20. The van der Waals surface area contributed by atoms with E-state index in [2.05, 4.69) is 6.92 Å². The fourth-order valence-corrected chi connectivity index (χ4v) is 0. The molecule has 0 fully saturated rings. The van der Waals surface area contributed by atoms with Crippen LogP contribution in [0.1, 0.15) is 20.3 Å². The molecule has 0 aliphatic heterocycles. The van der Waals surface area contributed by atoms with E-state index in [9.17, 15) is 0 Å². The van der Waals surface area contributed by atoms with E-state index in [-0.39, 0.29) is 11.0 Å². The molecule has 0 heterocycles. The molecule has 0 aliphatic rings. The monoisotopic (exact) mass is 124 g/mol. The first-order chi connectivity index (χ1) is 2.27. The molecular weight excluding hydrogens is 112 g/mol. The second-order valence-corrected chi connectivity index (χ2v) is 1.93. The van der Waals surface area contributed by atoms with Crippen molar-refractivity contribution in [3.05, 3.63) is 0 Å². The Balaban J connectivity index is 0. The average molecular weight is 125 g/mol. The van der Waals surface area contributed by atoms with E-state index in [0.717, 1.165) is 6.42 Å². The van der Waals surface area contributed by atoms with Crippen LogP contribution in [-0.2, 0) is 0 Å². The maximum Gasteiger partial charge on any atom is 0.0305 e. The predicted octanol–water partition coefficient (Wildman–Crippen LogP) is 0.572. The van der Waals surface area contributed by atoms with Gasteiger partial charge in [0, 0.05) is 5.38 Å². The molecule has 0 nitrogen and oxygen atoms in total. The van der Waals surface area contributed by atoms with Crippen molar-refractivity contribution in [3.8, 4) is 0 Å². The zero-order chi connectivity index (χ0) is 4.28. The Morgan fingerprint density at radius 1 is 1.67 bits per heavy atom. The van der Waals surface area contributed by atoms with Gasteiger partial charge in [0.2, 0.25) is 0 Å². The molecule has 0 saturated heterocycles. The Labute approximate surface area is 48.9 Å². The fraction of sp³-hybridized carbons (Fsp3) is 1.00. The lowest BCUT2D eigenvalue weighted by Crippen LogP contribution is -1.81. The number of hydrogen-bond donors (Lipinski definition) is 0. The van der Waals surface area contributed by atoms with Gasteiger partial charge in [0.1, 0.15) is 0 Å². The molecule has 0 spiro atoms. The number of halogens is 1. The third-order valence-electron chi connectivity index (χ3n) is 0.563. The van der Waals surface area contributed by atoms with E-state index in [0.29, 0.717) is 5.38 Å². The highest BCUT2D eigenvalue weighted by Crippen LogP contribution is 1.95. The molecule has 0 aliphatic carbocycles. The van der Waals surface area contributed by atoms with E-state index in [1.54, 1.807) is 0 Å². The minimum Gasteiger partial charge on any atom is -0.123 e. The lowest BCUT2D eigenvalue weighted by molar-refractivity contribution is 0.895. The Kier molecular flexibility index (Phi) is 8.92. The second-order valence-electron chi connectivity index (χ2n) is 1.19. The van der Waals surface area contributed by atoms with Crippen molar-refractivity contribution in [1.29, 1.82) is 0 Å². The third-order valence-corrected chi connectivity index (χ3v) is 0.871. The van der Waals surface area contributed by atoms with Gasteiger partial charge in [0.05, 0.1) is 0 Å². The molecule has 1 unspecified atom stereocenters. The van der Waals surface area contributed by atoms with Gasteiger partial charge in [-0.15, -0.1) is 11.6 Å². The maximum atomic E-state index is 5.46. The van der Waals surface area contributed by atoms with Gasteiger partial charge < -0.3 is 0 Å². The van der Waals surface area contributed by atoms with Crippen molar-refractivity contribution in [2.75, 3.05) is 0 Å². The van der Waals surface area contributed by atoms with E-state index >= 15 is 0 Å². The molecule has 0 saturated carbocycles. The van der Waals surface area contributed by atoms with E-state index < -0.39 is 0 Å². The van der Waals surface area contributed by atoms with Crippen molar-refractivity contribution >= 4 is 22.6 Å². The molecule has 0 amide bonds. The number of hydrogen-bond acceptors (Lipinski definition) is 0. The Morgan fingerprint density at radius 2 is 1.83 bits per heavy atom. The number of rotatable bonds is 1. The van der Waals surface area contributed by atoms with E-state index in [4.69, 9.17) is 11.6 Å². The van der Waals surface area contributed by atoms with Gasteiger partial charge >= 0.3 is 0 Å². The molecule has 1 atom stereocenters. The molecule has 0 aromatic rings. The highest BCUT2D eigenvalue weighted by Gasteiger charge is 1.83. The summed E-state index contributed by atoms with van der Waals surface area (Å²) in [4.78, 5) is 0. The van der Waals surface area contributed by atoms with Gasteiger partial charge in [0.15, 0.2) is 0 Å². The predicted molar refractivity (Wildman–Crippen MR) is 36.9 cm³/mol. The first-order valence-corrected chi connectivity index (χ1v) is 2.35. The SMILES string of the molecule is CCC(C)Cl.[SiH4]. The molecule has 0 aromatic carbocycles. The zero-order valence-corrected chi connectivity index (χ0v) is 4.42. The van der Waals surface area contributed by atoms with Gasteiger partial charge in [-0.1, -0.05) is 6.92 Å². The van der Waals surface area contributed by atoms with Gasteiger partial charge in [-0.2, -0.15) is 0 Å². The van der Waals surface area contributed by atoms with Gasteiger partial charge in [-0.3, -0.25) is 0 Å². The average Bonchev–Trinajstić information content (AvgIpc) is 1.38. The summed E-state index contributed by atoms with van der Waals surface area (Å²) in [7, 11) is 0. The van der Waals surface area contributed by atoms with Crippen LogP contribution in [-0.4, -0.2) is 16.3 Å². The Bertz CT molecular complexity index is 21.5. The van der Waals surface area contributed by atoms with Crippen LogP contribution in [0.4, 0.5) is 0 Å². The van der Waals surface area contributed by atoms with Gasteiger partial charge in [-0.05, 0) is 24.3 Å². The minimum atomic E-state index is 0. The van der Waals surface area contributed by atoms with Crippen molar-refractivity contribution in [3.63, 3.8) is 0 Å². The third kappa shape index (κ3) is 8.82. The molecule has 40 valence electrons. The summed E-state index contributed by atoms with van der Waals surface area (Å²) in [5.74, 6) is 0. The van der Waals surface area contributed by atoms with Crippen LogP contribution in [0.15, 0.2) is 0 Å². The topological polar surface area (TPSA) is 0 Å². The summed E-state index contributed by atoms with van der Waals surface area (Å²) in [6, 6.07) is 0. The molecule has 0 rings (SSSR count). The van der Waals surface area contributed by atoms with Crippen LogP contribution in [0.3, 0.4) is 0 Å². The molecule has 0 N–H and O–H groups in total. The molecule has 0 radical (unpaired) electrons. The summed E-state index contributed by atoms with van der Waals surface area (Å²) in [5.41, 5.74) is 0. The van der Waals surface area contributed by atoms with Crippen molar-refractivity contribution in [2.45, 2.75) is 25.6 Å². The van der Waals surface area contributed by atoms with Crippen LogP contribution in [0, 0.1) is 0 Å². The summed E-state index contributed by atoms with van der Waals surface area (Å²) >= 11 is 5.46. The lowest BCUT2D eigenvalue weighted by Gasteiger charge is -1.87. The smallest absolute Gasteiger partial charge is 0.0305 e. The standard InChI is InChI=1S/C4H9Cl.H4Si/c1-3-4(2)5;/h4H,3H2,1-2H3;1H4. The molecule has 0 bridgehead atoms. The summed E-state index contributed by atoms with van der Waals surface area (Å²) < 4.78 is 0. The highest BCUT2D eigenvalue weighted by atomic mass is 35.5. The lowest BCUT2D eigenvalue weighted by atomic mass is 10.4. The van der Waals surface area contributed by atoms with Crippen LogP contribution < -0.4 is 0 Å². The van der Waals surface area contributed by atoms with Crippen LogP contribution in [0.25, 0.3) is 0 Å². The largest absolute Gasteiger partial charge is 0.123 e. The minimum absolute atomic E-state index is 0. The molecular formula is C4H13ClSi. The van der Waals surface area contributed by atoms with Gasteiger partial charge in [0.25, 0.3) is 0 Å². The Morgan fingerprint density at radius 3 is 1.83 bits per heavy atom. The summed E-state index contributed by atoms with van der Waals surface area (Å²) in [5, 5.41) is 0.356. The quantitative estimate of drug-likeness (QED) is 0.354. The molecule has 0 aromatic heterocycles. The molecule has 2 heteroatoms. The summed E-state index contributed by atoms with van der Waals surface area (Å²) in [6.45, 7) is 4.05. The summed E-state index contributed by atoms with van der Waals surface area (Å²) in [6.07, 6.45) is 1.07. The van der Waals surface area contributed by atoms with Crippen molar-refractivity contribution < 1.29 is 0 Å². The molecule has 6 heavy (non-hydrogen) atoms. The first kappa shape index (κ1) is 9.71. The Hall–Kier alpha value is 0.507. The van der Waals surface area contributed by atoms with Crippen LogP contribution >= 0.6 is 11.6 Å². The van der Waals surface area contributed by atoms with Crippen molar-refractivity contribution in [1.82, 2.24) is 0 Å². The normalized spacial score (nSPS) is 12.5. The second kappa shape index (κ2) is 5.51. The number of alkyl halides is 1.